The summed E-state index contributed by atoms with van der Waals surface area (Å²) in [5.41, 5.74) is 1.39. The number of nitrogens with zero attached hydrogens (tertiary/aromatic N) is 2. The van der Waals surface area contributed by atoms with Crippen LogP contribution < -0.4 is 20.1 Å². The number of ether oxygens (including phenoxy) is 2. The van der Waals surface area contributed by atoms with E-state index in [9.17, 15) is 14.7 Å². The van der Waals surface area contributed by atoms with Crippen LogP contribution >= 0.6 is 11.6 Å². The first kappa shape index (κ1) is 24.0. The first-order valence-corrected chi connectivity index (χ1v) is 11.9. The maximum atomic E-state index is 13.2. The second kappa shape index (κ2) is 10.1. The van der Waals surface area contributed by atoms with Crippen molar-refractivity contribution in [3.05, 3.63) is 58.7 Å². The molecule has 36 heavy (non-hydrogen) atoms. The third kappa shape index (κ3) is 4.95. The van der Waals surface area contributed by atoms with Crippen LogP contribution in [0.1, 0.15) is 30.0 Å². The van der Waals surface area contributed by atoms with E-state index in [1.54, 1.807) is 42.6 Å². The van der Waals surface area contributed by atoms with Gasteiger partial charge in [-0.3, -0.25) is 14.7 Å². The number of hydrogen-bond acceptors (Lipinski definition) is 7. The predicted molar refractivity (Wildman–Crippen MR) is 132 cm³/mol. The first-order chi connectivity index (χ1) is 17.4. The number of nitrogens with one attached hydrogen (secondary N) is 2. The summed E-state index contributed by atoms with van der Waals surface area (Å²) < 4.78 is 10.9. The Kier molecular flexibility index (Phi) is 6.71. The minimum absolute atomic E-state index is 0.0686. The summed E-state index contributed by atoms with van der Waals surface area (Å²) in [6, 6.07) is 9.44. The summed E-state index contributed by atoms with van der Waals surface area (Å²) in [6.45, 7) is 1.29. The van der Waals surface area contributed by atoms with Gasteiger partial charge in [-0.15, -0.1) is 0 Å². The molecule has 0 spiro atoms. The SMILES string of the molecule is O=C(O)NC1CCCN(CC(=O)NC(c2ccc3c(c2)OCO3)c2cc(Cl)c3cccnc3c2O)C1. The number of halogens is 1. The number of rotatable bonds is 6. The molecule has 2 aliphatic rings. The molecular formula is C25H25ClN4O6. The summed E-state index contributed by atoms with van der Waals surface area (Å²) in [5.74, 6) is 0.762. The molecule has 10 nitrogen and oxygen atoms in total. The number of aromatic nitrogens is 1. The number of benzene rings is 2. The zero-order valence-electron chi connectivity index (χ0n) is 19.2. The molecule has 0 saturated carbocycles. The van der Waals surface area contributed by atoms with Crippen molar-refractivity contribution in [1.29, 1.82) is 0 Å². The van der Waals surface area contributed by atoms with Gasteiger partial charge in [-0.05, 0) is 55.3 Å². The molecule has 2 atom stereocenters. The van der Waals surface area contributed by atoms with E-state index in [1.807, 2.05) is 4.90 Å². The number of carbonyl (C=O) groups excluding carboxylic acids is 1. The van der Waals surface area contributed by atoms with Gasteiger partial charge in [0.15, 0.2) is 11.5 Å². The van der Waals surface area contributed by atoms with Crippen LogP contribution in [0.3, 0.4) is 0 Å². The van der Waals surface area contributed by atoms with Gasteiger partial charge < -0.3 is 30.3 Å². The number of piperidine rings is 1. The Bertz CT molecular complexity index is 1320. The fraction of sp³-hybridized carbons (Fsp3) is 0.320. The lowest BCUT2D eigenvalue weighted by molar-refractivity contribution is -0.123. The number of pyridine rings is 1. The highest BCUT2D eigenvalue weighted by atomic mass is 35.5. The first-order valence-electron chi connectivity index (χ1n) is 11.6. The Hall–Kier alpha value is -3.76. The lowest BCUT2D eigenvalue weighted by Crippen LogP contribution is -2.50. The smallest absolute Gasteiger partial charge is 0.404 e. The second-order valence-electron chi connectivity index (χ2n) is 8.83. The molecule has 188 valence electrons. The Labute approximate surface area is 211 Å². The number of carboxylic acid groups (broad SMARTS) is 1. The average Bonchev–Trinajstić information content (AvgIpc) is 3.33. The van der Waals surface area contributed by atoms with Crippen LogP contribution in [0.5, 0.6) is 17.2 Å². The topological polar surface area (TPSA) is 133 Å². The molecule has 0 radical (unpaired) electrons. The molecule has 3 heterocycles. The zero-order valence-corrected chi connectivity index (χ0v) is 20.0. The van der Waals surface area contributed by atoms with E-state index < -0.39 is 12.1 Å². The van der Waals surface area contributed by atoms with E-state index in [0.717, 1.165) is 12.8 Å². The number of aromatic hydroxyl groups is 1. The molecule has 1 aromatic heterocycles. The van der Waals surface area contributed by atoms with Crippen molar-refractivity contribution in [2.45, 2.75) is 24.9 Å². The van der Waals surface area contributed by atoms with Gasteiger partial charge in [-0.2, -0.15) is 0 Å². The van der Waals surface area contributed by atoms with Crippen LogP contribution in [0.2, 0.25) is 5.02 Å². The second-order valence-corrected chi connectivity index (χ2v) is 9.24. The highest BCUT2D eigenvalue weighted by molar-refractivity contribution is 6.35. The number of hydrogen-bond donors (Lipinski definition) is 4. The van der Waals surface area contributed by atoms with Crippen molar-refractivity contribution < 1.29 is 29.3 Å². The predicted octanol–water partition coefficient (Wildman–Crippen LogP) is 3.26. The van der Waals surface area contributed by atoms with Gasteiger partial charge >= 0.3 is 6.09 Å². The molecule has 4 N–H and O–H groups in total. The van der Waals surface area contributed by atoms with Crippen molar-refractivity contribution in [3.63, 3.8) is 0 Å². The summed E-state index contributed by atoms with van der Waals surface area (Å²) in [5, 5.41) is 26.7. The zero-order chi connectivity index (χ0) is 25.2. The van der Waals surface area contributed by atoms with Gasteiger partial charge in [-0.1, -0.05) is 17.7 Å². The van der Waals surface area contributed by atoms with Crippen LogP contribution in [0.15, 0.2) is 42.6 Å². The quantitative estimate of drug-likeness (QED) is 0.395. The number of phenols is 1. The maximum absolute atomic E-state index is 13.2. The number of fused-ring (bicyclic) bond motifs is 2. The molecule has 2 aromatic carbocycles. The maximum Gasteiger partial charge on any atom is 0.404 e. The van der Waals surface area contributed by atoms with Gasteiger partial charge in [0, 0.05) is 29.7 Å². The van der Waals surface area contributed by atoms with Crippen molar-refractivity contribution >= 4 is 34.5 Å². The third-order valence-electron chi connectivity index (χ3n) is 6.39. The van der Waals surface area contributed by atoms with E-state index in [2.05, 4.69) is 15.6 Å². The Morgan fingerprint density at radius 3 is 2.89 bits per heavy atom. The average molecular weight is 513 g/mol. The number of carbonyl (C=O) groups is 2. The van der Waals surface area contributed by atoms with E-state index in [1.165, 1.54) is 0 Å². The molecule has 0 aliphatic carbocycles. The third-order valence-corrected chi connectivity index (χ3v) is 6.70. The Balaban J connectivity index is 1.45. The lowest BCUT2D eigenvalue weighted by Gasteiger charge is -2.32. The Morgan fingerprint density at radius 1 is 1.22 bits per heavy atom. The van der Waals surface area contributed by atoms with Gasteiger partial charge in [0.25, 0.3) is 0 Å². The van der Waals surface area contributed by atoms with Crippen molar-refractivity contribution in [3.8, 4) is 17.2 Å². The Morgan fingerprint density at radius 2 is 2.06 bits per heavy atom. The van der Waals surface area contributed by atoms with E-state index in [0.29, 0.717) is 51.6 Å². The fourth-order valence-electron chi connectivity index (χ4n) is 4.76. The normalized spacial score (nSPS) is 18.1. The van der Waals surface area contributed by atoms with Gasteiger partial charge in [0.05, 0.1) is 17.6 Å². The highest BCUT2D eigenvalue weighted by Crippen LogP contribution is 2.41. The number of likely N-dealkylation sites (tertiary alicyclic amines) is 1. The molecule has 2 amide bonds. The van der Waals surface area contributed by atoms with Gasteiger partial charge in [0.2, 0.25) is 12.7 Å². The summed E-state index contributed by atoms with van der Waals surface area (Å²) >= 11 is 6.54. The van der Waals surface area contributed by atoms with Crippen LogP contribution in [0.4, 0.5) is 4.79 Å². The molecule has 3 aromatic rings. The molecule has 1 saturated heterocycles. The largest absolute Gasteiger partial charge is 0.505 e. The van der Waals surface area contributed by atoms with E-state index in [-0.39, 0.29) is 31.0 Å². The molecule has 5 rings (SSSR count). The van der Waals surface area contributed by atoms with Crippen molar-refractivity contribution in [2.75, 3.05) is 26.4 Å². The number of phenolic OH excluding ortho intramolecular Hbond substituents is 1. The summed E-state index contributed by atoms with van der Waals surface area (Å²) in [6.07, 6.45) is 1.98. The van der Waals surface area contributed by atoms with Gasteiger partial charge in [0.1, 0.15) is 11.3 Å². The van der Waals surface area contributed by atoms with Crippen LogP contribution in [0, 0.1) is 0 Å². The van der Waals surface area contributed by atoms with E-state index in [4.69, 9.17) is 26.2 Å². The minimum atomic E-state index is -1.08. The molecule has 2 unspecified atom stereocenters. The highest BCUT2D eigenvalue weighted by Gasteiger charge is 2.28. The monoisotopic (exact) mass is 512 g/mol. The lowest BCUT2D eigenvalue weighted by atomic mass is 9.95. The van der Waals surface area contributed by atoms with Gasteiger partial charge in [-0.25, -0.2) is 4.79 Å². The van der Waals surface area contributed by atoms with Crippen LogP contribution in [-0.4, -0.2) is 64.6 Å². The molecule has 2 aliphatic heterocycles. The minimum Gasteiger partial charge on any atom is -0.505 e. The van der Waals surface area contributed by atoms with Crippen molar-refractivity contribution in [2.24, 2.45) is 0 Å². The standard InChI is InChI=1S/C25H25ClN4O6/c26-18-10-17(24(32)23-16(18)4-1-7-27-23)22(14-5-6-19-20(9-14)36-13-35-19)29-21(31)12-30-8-2-3-15(11-30)28-25(33)34/h1,4-7,9-10,15,22,28,32H,2-3,8,11-13H2,(H,29,31)(H,33,34). The summed E-state index contributed by atoms with van der Waals surface area (Å²) in [4.78, 5) is 30.4. The van der Waals surface area contributed by atoms with Crippen LogP contribution in [-0.2, 0) is 4.79 Å². The van der Waals surface area contributed by atoms with Crippen molar-refractivity contribution in [1.82, 2.24) is 20.5 Å². The van der Waals surface area contributed by atoms with Crippen LogP contribution in [0.25, 0.3) is 10.9 Å². The van der Waals surface area contributed by atoms with E-state index >= 15 is 0 Å². The number of amides is 2. The fourth-order valence-corrected chi connectivity index (χ4v) is 5.03. The molecular weight excluding hydrogens is 488 g/mol. The summed E-state index contributed by atoms with van der Waals surface area (Å²) in [7, 11) is 0. The molecule has 0 bridgehead atoms. The molecule has 1 fully saturated rings. The molecule has 11 heteroatoms.